The fourth-order valence-corrected chi connectivity index (χ4v) is 3.77. The molecule has 0 unspecified atom stereocenters. The van der Waals surface area contributed by atoms with Crippen LogP contribution in [-0.2, 0) is 0 Å². The number of benzene rings is 2. The summed E-state index contributed by atoms with van der Waals surface area (Å²) >= 11 is 3.53. The zero-order chi connectivity index (χ0) is 17.9. The minimum absolute atomic E-state index is 0.709. The minimum atomic E-state index is 0.709. The van der Waals surface area contributed by atoms with E-state index in [1.165, 1.54) is 16.8 Å². The Bertz CT molecular complexity index is 834. The number of rotatable bonds is 3. The van der Waals surface area contributed by atoms with Crippen molar-refractivity contribution in [3.63, 3.8) is 0 Å². The molecule has 134 valence electrons. The predicted molar refractivity (Wildman–Crippen MR) is 114 cm³/mol. The normalized spacial score (nSPS) is 18.8. The van der Waals surface area contributed by atoms with Crippen LogP contribution in [0.15, 0.2) is 58.1 Å². The van der Waals surface area contributed by atoms with Gasteiger partial charge in [-0.2, -0.15) is 0 Å². The highest BCUT2D eigenvalue weighted by Gasteiger charge is 2.14. The number of hydrogen-bond acceptors (Lipinski definition) is 4. The summed E-state index contributed by atoms with van der Waals surface area (Å²) in [6, 6.07) is 15.0. The van der Waals surface area contributed by atoms with E-state index in [-0.39, 0.29) is 0 Å². The van der Waals surface area contributed by atoms with E-state index in [0.29, 0.717) is 6.54 Å². The van der Waals surface area contributed by atoms with Crippen molar-refractivity contribution in [1.29, 1.82) is 0 Å². The number of halogens is 1. The SMILES string of the molecule is CN1CCN(c2ccc(NC=C3CN=Cc4cc(Br)ccc43)cc2)CC1. The lowest BCUT2D eigenvalue weighted by atomic mass is 9.99. The number of aliphatic imine (C=N–C) groups is 1. The maximum atomic E-state index is 4.47. The molecule has 1 saturated heterocycles. The highest BCUT2D eigenvalue weighted by Crippen LogP contribution is 2.26. The Kier molecular flexibility index (Phi) is 5.09. The fourth-order valence-electron chi connectivity index (χ4n) is 3.39. The number of hydrogen-bond donors (Lipinski definition) is 1. The Morgan fingerprint density at radius 2 is 1.81 bits per heavy atom. The second-order valence-corrected chi connectivity index (χ2v) is 7.77. The summed E-state index contributed by atoms with van der Waals surface area (Å²) in [6.07, 6.45) is 4.02. The van der Waals surface area contributed by atoms with E-state index in [1.54, 1.807) is 0 Å². The van der Waals surface area contributed by atoms with E-state index in [9.17, 15) is 0 Å². The molecule has 2 aliphatic rings. The molecule has 26 heavy (non-hydrogen) atoms. The average Bonchev–Trinajstić information content (AvgIpc) is 2.67. The van der Waals surface area contributed by atoms with Crippen LogP contribution in [0.5, 0.6) is 0 Å². The van der Waals surface area contributed by atoms with Crippen LogP contribution in [0.1, 0.15) is 11.1 Å². The van der Waals surface area contributed by atoms with Crippen molar-refractivity contribution < 1.29 is 0 Å². The lowest BCUT2D eigenvalue weighted by Crippen LogP contribution is -2.44. The third kappa shape index (κ3) is 3.84. The van der Waals surface area contributed by atoms with Gasteiger partial charge in [-0.3, -0.25) is 4.99 Å². The van der Waals surface area contributed by atoms with Crippen molar-refractivity contribution in [3.05, 3.63) is 64.3 Å². The molecule has 4 nitrogen and oxygen atoms in total. The highest BCUT2D eigenvalue weighted by molar-refractivity contribution is 9.10. The van der Waals surface area contributed by atoms with Gasteiger partial charge in [-0.05, 0) is 54.6 Å². The van der Waals surface area contributed by atoms with Gasteiger partial charge in [-0.1, -0.05) is 22.0 Å². The lowest BCUT2D eigenvalue weighted by Gasteiger charge is -2.34. The van der Waals surface area contributed by atoms with Crippen LogP contribution in [0, 0.1) is 0 Å². The predicted octanol–water partition coefficient (Wildman–Crippen LogP) is 4.09. The number of likely N-dealkylation sites (N-methyl/N-ethyl adjacent to an activating group) is 1. The van der Waals surface area contributed by atoms with Crippen LogP contribution in [0.3, 0.4) is 0 Å². The summed E-state index contributed by atoms with van der Waals surface area (Å²) < 4.78 is 1.08. The van der Waals surface area contributed by atoms with Gasteiger partial charge >= 0.3 is 0 Å². The van der Waals surface area contributed by atoms with Gasteiger partial charge in [0.2, 0.25) is 0 Å². The summed E-state index contributed by atoms with van der Waals surface area (Å²) in [5.41, 5.74) is 6.00. The quantitative estimate of drug-likeness (QED) is 0.826. The van der Waals surface area contributed by atoms with Crippen LogP contribution < -0.4 is 10.2 Å². The van der Waals surface area contributed by atoms with E-state index in [1.807, 2.05) is 6.21 Å². The van der Waals surface area contributed by atoms with Gasteiger partial charge < -0.3 is 15.1 Å². The van der Waals surface area contributed by atoms with Crippen molar-refractivity contribution in [2.45, 2.75) is 0 Å². The molecule has 2 aromatic carbocycles. The topological polar surface area (TPSA) is 30.9 Å². The van der Waals surface area contributed by atoms with Gasteiger partial charge in [0.15, 0.2) is 0 Å². The Morgan fingerprint density at radius 3 is 2.58 bits per heavy atom. The molecule has 0 amide bonds. The number of anilines is 2. The third-order valence-electron chi connectivity index (χ3n) is 5.00. The number of piperazine rings is 1. The van der Waals surface area contributed by atoms with Gasteiger partial charge in [0, 0.05) is 60.0 Å². The summed E-state index contributed by atoms with van der Waals surface area (Å²) in [5, 5.41) is 3.43. The maximum Gasteiger partial charge on any atom is 0.0660 e. The standard InChI is InChI=1S/C21H23BrN4/c1-25-8-10-26(11-9-25)20-5-3-19(4-6-20)24-15-17-14-23-13-16-12-18(22)2-7-21(16)17/h2-7,12-13,15,24H,8-11,14H2,1H3. The largest absolute Gasteiger partial charge is 0.369 e. The number of nitrogens with one attached hydrogen (secondary N) is 1. The van der Waals surface area contributed by atoms with Gasteiger partial charge in [0.05, 0.1) is 6.54 Å². The molecule has 4 rings (SSSR count). The highest BCUT2D eigenvalue weighted by atomic mass is 79.9. The molecule has 0 saturated carbocycles. The van der Waals surface area contributed by atoms with Crippen LogP contribution in [0.4, 0.5) is 11.4 Å². The van der Waals surface area contributed by atoms with E-state index in [4.69, 9.17) is 0 Å². The number of fused-ring (bicyclic) bond motifs is 1. The summed E-state index contributed by atoms with van der Waals surface area (Å²) in [4.78, 5) is 9.30. The molecule has 0 radical (unpaired) electrons. The van der Waals surface area contributed by atoms with Crippen molar-refractivity contribution in [3.8, 4) is 0 Å². The second kappa shape index (κ2) is 7.64. The second-order valence-electron chi connectivity index (χ2n) is 6.85. The van der Waals surface area contributed by atoms with Gasteiger partial charge in [-0.25, -0.2) is 0 Å². The molecule has 5 heteroatoms. The summed E-state index contributed by atoms with van der Waals surface area (Å²) in [6.45, 7) is 5.15. The zero-order valence-electron chi connectivity index (χ0n) is 15.0. The molecule has 0 atom stereocenters. The van der Waals surface area contributed by atoms with Gasteiger partial charge in [-0.15, -0.1) is 0 Å². The molecule has 1 N–H and O–H groups in total. The van der Waals surface area contributed by atoms with E-state index in [2.05, 4.69) is 91.8 Å². The first-order valence-corrected chi connectivity index (χ1v) is 9.77. The maximum absolute atomic E-state index is 4.47. The monoisotopic (exact) mass is 410 g/mol. The van der Waals surface area contributed by atoms with Crippen molar-refractivity contribution >= 4 is 39.1 Å². The molecule has 2 aliphatic heterocycles. The molecule has 1 fully saturated rings. The molecule has 0 aliphatic carbocycles. The van der Waals surface area contributed by atoms with Crippen molar-refractivity contribution in [2.75, 3.05) is 50.0 Å². The molecular formula is C21H23BrN4. The summed E-state index contributed by atoms with van der Waals surface area (Å²) in [5.74, 6) is 0. The smallest absolute Gasteiger partial charge is 0.0660 e. The van der Waals surface area contributed by atoms with E-state index < -0.39 is 0 Å². The molecule has 2 aromatic rings. The average molecular weight is 411 g/mol. The fraction of sp³-hybridized carbons (Fsp3) is 0.286. The van der Waals surface area contributed by atoms with Crippen LogP contribution in [0.2, 0.25) is 0 Å². The zero-order valence-corrected chi connectivity index (χ0v) is 16.5. The van der Waals surface area contributed by atoms with Gasteiger partial charge in [0.25, 0.3) is 0 Å². The van der Waals surface area contributed by atoms with Crippen LogP contribution >= 0.6 is 15.9 Å². The first kappa shape index (κ1) is 17.3. The molecule has 0 bridgehead atoms. The first-order chi connectivity index (χ1) is 12.7. The van der Waals surface area contributed by atoms with E-state index >= 15 is 0 Å². The minimum Gasteiger partial charge on any atom is -0.369 e. The summed E-state index contributed by atoms with van der Waals surface area (Å²) in [7, 11) is 2.18. The molecule has 0 spiro atoms. The first-order valence-electron chi connectivity index (χ1n) is 8.98. The Hall–Kier alpha value is -2.11. The lowest BCUT2D eigenvalue weighted by molar-refractivity contribution is 0.313. The number of nitrogens with zero attached hydrogens (tertiary/aromatic N) is 3. The van der Waals surface area contributed by atoms with Gasteiger partial charge in [0.1, 0.15) is 0 Å². The van der Waals surface area contributed by atoms with Crippen molar-refractivity contribution in [2.24, 2.45) is 4.99 Å². The van der Waals surface area contributed by atoms with Crippen LogP contribution in [0.25, 0.3) is 5.57 Å². The Morgan fingerprint density at radius 1 is 1.04 bits per heavy atom. The Labute approximate surface area is 163 Å². The molecule has 2 heterocycles. The molecular weight excluding hydrogens is 388 g/mol. The van der Waals surface area contributed by atoms with Crippen molar-refractivity contribution in [1.82, 2.24) is 4.90 Å². The third-order valence-corrected chi connectivity index (χ3v) is 5.49. The van der Waals surface area contributed by atoms with Crippen LogP contribution in [-0.4, -0.2) is 50.9 Å². The molecule has 0 aromatic heterocycles. The van der Waals surface area contributed by atoms with E-state index in [0.717, 1.165) is 41.9 Å². The Balaban J connectivity index is 1.45.